The predicted octanol–water partition coefficient (Wildman–Crippen LogP) is 7.35. The number of nitrogens with zero attached hydrogens (tertiary/aromatic N) is 1. The van der Waals surface area contributed by atoms with E-state index in [1.54, 1.807) is 48.5 Å². The second-order valence-corrected chi connectivity index (χ2v) is 9.87. The smallest absolute Gasteiger partial charge is 0.343 e. The third-order valence-electron chi connectivity index (χ3n) is 5.93. The van der Waals surface area contributed by atoms with Crippen molar-refractivity contribution in [3.05, 3.63) is 112 Å². The highest BCUT2D eigenvalue weighted by atomic mass is 35.5. The van der Waals surface area contributed by atoms with Crippen molar-refractivity contribution in [3.8, 4) is 11.5 Å². The lowest BCUT2D eigenvalue weighted by Gasteiger charge is -2.14. The van der Waals surface area contributed by atoms with E-state index in [1.165, 1.54) is 4.90 Å². The van der Waals surface area contributed by atoms with Gasteiger partial charge in [-0.05, 0) is 83.1 Å². The third kappa shape index (κ3) is 5.44. The summed E-state index contributed by atoms with van der Waals surface area (Å²) >= 11 is 6.79. The van der Waals surface area contributed by atoms with E-state index >= 15 is 0 Å². The molecule has 0 aromatic heterocycles. The monoisotopic (exact) mass is 543 g/mol. The molecule has 0 radical (unpaired) electrons. The van der Waals surface area contributed by atoms with E-state index in [0.717, 1.165) is 28.1 Å². The fraction of sp³-hybridized carbons (Fsp3) is 0.100. The van der Waals surface area contributed by atoms with E-state index in [9.17, 15) is 14.4 Å². The molecule has 1 saturated heterocycles. The van der Waals surface area contributed by atoms with Gasteiger partial charge in [-0.1, -0.05) is 60.1 Å². The van der Waals surface area contributed by atoms with E-state index in [2.05, 4.69) is 0 Å². The van der Waals surface area contributed by atoms with Gasteiger partial charge in [0.1, 0.15) is 0 Å². The number of amides is 2. The molecule has 190 valence electrons. The lowest BCUT2D eigenvalue weighted by Crippen LogP contribution is -2.27. The Kier molecular flexibility index (Phi) is 7.49. The standard InChI is InChI=1S/C30H22ClNO5S/c1-2-36-26-16-19(10-15-25(26)37-29(34)21-11-13-23(31)14-12-21)17-27-28(33)32(30(35)38-27)18-22-8-5-7-20-6-3-4-9-24(20)22/h3-17H,2,18H2,1H3/b27-17-. The molecule has 8 heteroatoms. The number of ether oxygens (including phenoxy) is 2. The molecule has 0 spiro atoms. The maximum absolute atomic E-state index is 13.2. The zero-order valence-electron chi connectivity index (χ0n) is 20.3. The molecular weight excluding hydrogens is 522 g/mol. The maximum Gasteiger partial charge on any atom is 0.343 e. The van der Waals surface area contributed by atoms with Crippen LogP contribution in [0.4, 0.5) is 4.79 Å². The summed E-state index contributed by atoms with van der Waals surface area (Å²) in [5.74, 6) is -0.319. The molecule has 1 aliphatic rings. The Morgan fingerprint density at radius 1 is 0.947 bits per heavy atom. The lowest BCUT2D eigenvalue weighted by molar-refractivity contribution is -0.123. The Bertz CT molecular complexity index is 1580. The van der Waals surface area contributed by atoms with Crippen LogP contribution in [-0.4, -0.2) is 28.6 Å². The van der Waals surface area contributed by atoms with Gasteiger partial charge in [-0.25, -0.2) is 4.79 Å². The molecule has 5 rings (SSSR count). The molecule has 1 heterocycles. The molecule has 0 unspecified atom stereocenters. The van der Waals surface area contributed by atoms with Gasteiger partial charge in [0.25, 0.3) is 11.1 Å². The minimum atomic E-state index is -0.551. The average molecular weight is 544 g/mol. The van der Waals surface area contributed by atoms with Crippen LogP contribution in [0.15, 0.2) is 89.8 Å². The van der Waals surface area contributed by atoms with Crippen LogP contribution in [0.1, 0.15) is 28.4 Å². The number of hydrogen-bond donors (Lipinski definition) is 0. The molecule has 38 heavy (non-hydrogen) atoms. The van der Waals surface area contributed by atoms with Crippen LogP contribution in [0.25, 0.3) is 16.8 Å². The normalized spacial score (nSPS) is 14.4. The van der Waals surface area contributed by atoms with Gasteiger partial charge in [-0.3, -0.25) is 14.5 Å². The van der Waals surface area contributed by atoms with Gasteiger partial charge in [0.2, 0.25) is 0 Å². The van der Waals surface area contributed by atoms with Gasteiger partial charge in [-0.2, -0.15) is 0 Å². The van der Waals surface area contributed by atoms with Crippen molar-refractivity contribution in [2.24, 2.45) is 0 Å². The number of carbonyl (C=O) groups is 3. The molecule has 0 saturated carbocycles. The minimum Gasteiger partial charge on any atom is -0.490 e. The summed E-state index contributed by atoms with van der Waals surface area (Å²) in [7, 11) is 0. The van der Waals surface area contributed by atoms with Crippen molar-refractivity contribution in [2.45, 2.75) is 13.5 Å². The highest BCUT2D eigenvalue weighted by Crippen LogP contribution is 2.36. The number of imide groups is 1. The first-order valence-electron chi connectivity index (χ1n) is 11.9. The number of fused-ring (bicyclic) bond motifs is 1. The van der Waals surface area contributed by atoms with E-state index in [-0.39, 0.29) is 23.4 Å². The molecule has 1 aliphatic heterocycles. The second kappa shape index (κ2) is 11.1. The predicted molar refractivity (Wildman–Crippen MR) is 149 cm³/mol. The van der Waals surface area contributed by atoms with E-state index in [0.29, 0.717) is 33.4 Å². The first-order chi connectivity index (χ1) is 18.4. The van der Waals surface area contributed by atoms with E-state index in [1.807, 2.05) is 49.4 Å². The summed E-state index contributed by atoms with van der Waals surface area (Å²) in [5.41, 5.74) is 1.88. The average Bonchev–Trinajstić information content (AvgIpc) is 3.18. The van der Waals surface area contributed by atoms with Crippen LogP contribution in [0.3, 0.4) is 0 Å². The second-order valence-electron chi connectivity index (χ2n) is 8.44. The molecule has 0 bridgehead atoms. The van der Waals surface area contributed by atoms with E-state index in [4.69, 9.17) is 21.1 Å². The first kappa shape index (κ1) is 25.6. The zero-order valence-corrected chi connectivity index (χ0v) is 21.9. The van der Waals surface area contributed by atoms with Gasteiger partial charge in [0, 0.05) is 5.02 Å². The number of rotatable bonds is 7. The summed E-state index contributed by atoms with van der Waals surface area (Å²) < 4.78 is 11.2. The summed E-state index contributed by atoms with van der Waals surface area (Å²) in [4.78, 5) is 40.1. The Labute approximate surface area is 228 Å². The van der Waals surface area contributed by atoms with Gasteiger partial charge in [0.15, 0.2) is 11.5 Å². The highest BCUT2D eigenvalue weighted by Gasteiger charge is 2.35. The summed E-state index contributed by atoms with van der Waals surface area (Å²) in [6, 6.07) is 25.1. The number of hydrogen-bond acceptors (Lipinski definition) is 6. The largest absolute Gasteiger partial charge is 0.490 e. The van der Waals surface area contributed by atoms with Crippen molar-refractivity contribution in [1.29, 1.82) is 0 Å². The zero-order chi connectivity index (χ0) is 26.6. The topological polar surface area (TPSA) is 72.9 Å². The van der Waals surface area contributed by atoms with Crippen molar-refractivity contribution in [3.63, 3.8) is 0 Å². The number of benzene rings is 4. The van der Waals surface area contributed by atoms with Crippen LogP contribution >= 0.6 is 23.4 Å². The molecule has 0 aliphatic carbocycles. The fourth-order valence-corrected chi connectivity index (χ4v) is 5.06. The van der Waals surface area contributed by atoms with Crippen LogP contribution in [0.2, 0.25) is 5.02 Å². The molecule has 0 N–H and O–H groups in total. The van der Waals surface area contributed by atoms with Gasteiger partial charge < -0.3 is 9.47 Å². The molecule has 0 atom stereocenters. The summed E-state index contributed by atoms with van der Waals surface area (Å²) in [6.45, 7) is 2.35. The Morgan fingerprint density at radius 2 is 1.71 bits per heavy atom. The lowest BCUT2D eigenvalue weighted by atomic mass is 10.0. The maximum atomic E-state index is 13.2. The van der Waals surface area contributed by atoms with Gasteiger partial charge >= 0.3 is 5.97 Å². The third-order valence-corrected chi connectivity index (χ3v) is 7.09. The van der Waals surface area contributed by atoms with Crippen molar-refractivity contribution in [2.75, 3.05) is 6.61 Å². The van der Waals surface area contributed by atoms with Crippen molar-refractivity contribution >= 4 is 57.3 Å². The minimum absolute atomic E-state index is 0.188. The van der Waals surface area contributed by atoms with Crippen LogP contribution < -0.4 is 9.47 Å². The summed E-state index contributed by atoms with van der Waals surface area (Å²) in [6.07, 6.45) is 1.64. The first-order valence-corrected chi connectivity index (χ1v) is 13.1. The van der Waals surface area contributed by atoms with Crippen LogP contribution in [-0.2, 0) is 11.3 Å². The Balaban J connectivity index is 1.36. The number of halogens is 1. The molecule has 2 amide bonds. The molecule has 1 fully saturated rings. The van der Waals surface area contributed by atoms with Crippen molar-refractivity contribution in [1.82, 2.24) is 4.90 Å². The van der Waals surface area contributed by atoms with Crippen molar-refractivity contribution < 1.29 is 23.9 Å². The van der Waals surface area contributed by atoms with E-state index < -0.39 is 5.97 Å². The Hall–Kier alpha value is -4.07. The molecule has 6 nitrogen and oxygen atoms in total. The Morgan fingerprint density at radius 3 is 2.50 bits per heavy atom. The molecular formula is C30H22ClNO5S. The molecule has 4 aromatic rings. The SMILES string of the molecule is CCOc1cc(/C=C2\SC(=O)N(Cc3cccc4ccccc34)C2=O)ccc1OC(=O)c1ccc(Cl)cc1. The van der Waals surface area contributed by atoms with Gasteiger partial charge in [-0.15, -0.1) is 0 Å². The summed E-state index contributed by atoms with van der Waals surface area (Å²) in [5, 5.41) is 2.24. The van der Waals surface area contributed by atoms with Crippen LogP contribution in [0.5, 0.6) is 11.5 Å². The fourth-order valence-electron chi connectivity index (χ4n) is 4.10. The highest BCUT2D eigenvalue weighted by molar-refractivity contribution is 8.18. The number of esters is 1. The number of thioether (sulfide) groups is 1. The quantitative estimate of drug-likeness (QED) is 0.138. The molecule has 4 aromatic carbocycles. The van der Waals surface area contributed by atoms with Gasteiger partial charge in [0.05, 0.1) is 23.6 Å². The van der Waals surface area contributed by atoms with Crippen LogP contribution in [0, 0.1) is 0 Å². The number of carbonyl (C=O) groups excluding carboxylic acids is 3.